The second kappa shape index (κ2) is 16.2. The molecule has 0 aliphatic rings. The Hall–Kier alpha value is -8.80. The first-order valence-corrected chi connectivity index (χ1v) is 21.9. The van der Waals surface area contributed by atoms with Crippen LogP contribution < -0.4 is 0 Å². The minimum Gasteiger partial charge on any atom is -0.292 e. The van der Waals surface area contributed by atoms with Crippen molar-refractivity contribution in [3.8, 4) is 84.5 Å². The number of nitrogens with zero attached hydrogens (tertiary/aromatic N) is 5. The number of aromatic nitrogens is 5. The number of hydrogen-bond donors (Lipinski definition) is 0. The van der Waals surface area contributed by atoms with Crippen molar-refractivity contribution in [1.29, 1.82) is 0 Å². The van der Waals surface area contributed by atoms with Gasteiger partial charge in [0.15, 0.2) is 5.82 Å². The fraction of sp³-hybridized carbons (Fsp3) is 0. The lowest BCUT2D eigenvalue weighted by Gasteiger charge is -2.13. The molecule has 3 aromatic heterocycles. The fourth-order valence-electron chi connectivity index (χ4n) is 8.99. The molecule has 0 bridgehead atoms. The molecule has 12 rings (SSSR count). The first kappa shape index (κ1) is 37.9. The standard InChI is InChI=1S/C60H39N5/c1-5-15-40(16-6-1)42-25-29-44(30-26-42)53-39-54(45-31-27-43(28-32-45)41-17-7-2-8-18-41)63-59(62-53)47-35-33-46(34-36-47)57-56-51(50-23-13-14-24-52(50)61-57)37-38-55-58(56)64-60(48-19-9-3-10-20-48)65(55)49-21-11-4-12-22-49/h1-39H. The van der Waals surface area contributed by atoms with E-state index in [-0.39, 0.29) is 0 Å². The van der Waals surface area contributed by atoms with Crippen LogP contribution in [-0.4, -0.2) is 24.5 Å². The largest absolute Gasteiger partial charge is 0.292 e. The number of benzene rings is 9. The average molecular weight is 830 g/mol. The van der Waals surface area contributed by atoms with Crippen molar-refractivity contribution in [2.24, 2.45) is 0 Å². The molecular weight excluding hydrogens is 791 g/mol. The van der Waals surface area contributed by atoms with Crippen LogP contribution in [0.15, 0.2) is 237 Å². The molecule has 5 heteroatoms. The van der Waals surface area contributed by atoms with E-state index in [9.17, 15) is 0 Å². The number of hydrogen-bond acceptors (Lipinski definition) is 4. The lowest BCUT2D eigenvalue weighted by Crippen LogP contribution is -1.97. The maximum atomic E-state index is 5.47. The lowest BCUT2D eigenvalue weighted by molar-refractivity contribution is 1.10. The molecule has 0 unspecified atom stereocenters. The predicted molar refractivity (Wildman–Crippen MR) is 268 cm³/mol. The molecule has 304 valence electrons. The Balaban J connectivity index is 1.00. The lowest BCUT2D eigenvalue weighted by atomic mass is 9.98. The van der Waals surface area contributed by atoms with Gasteiger partial charge in [-0.2, -0.15) is 0 Å². The molecule has 0 radical (unpaired) electrons. The average Bonchev–Trinajstić information content (AvgIpc) is 3.80. The summed E-state index contributed by atoms with van der Waals surface area (Å²) in [5, 5.41) is 3.21. The van der Waals surface area contributed by atoms with Gasteiger partial charge in [-0.25, -0.2) is 19.9 Å². The summed E-state index contributed by atoms with van der Waals surface area (Å²) in [5.41, 5.74) is 16.1. The summed E-state index contributed by atoms with van der Waals surface area (Å²) in [6, 6.07) is 82.5. The number of fused-ring (bicyclic) bond motifs is 5. The molecule has 0 fully saturated rings. The highest BCUT2D eigenvalue weighted by atomic mass is 15.1. The summed E-state index contributed by atoms with van der Waals surface area (Å²) in [6.45, 7) is 0. The zero-order valence-electron chi connectivity index (χ0n) is 35.3. The highest BCUT2D eigenvalue weighted by Crippen LogP contribution is 2.40. The number of rotatable bonds is 8. The van der Waals surface area contributed by atoms with Gasteiger partial charge in [-0.1, -0.05) is 206 Å². The molecule has 0 N–H and O–H groups in total. The van der Waals surface area contributed by atoms with E-state index in [1.54, 1.807) is 0 Å². The molecule has 0 atom stereocenters. The molecule has 12 aromatic rings. The van der Waals surface area contributed by atoms with Crippen LogP contribution in [0.4, 0.5) is 0 Å². The molecule has 0 amide bonds. The van der Waals surface area contributed by atoms with E-state index < -0.39 is 0 Å². The van der Waals surface area contributed by atoms with E-state index in [0.717, 1.165) is 100 Å². The van der Waals surface area contributed by atoms with Gasteiger partial charge in [0.05, 0.1) is 33.6 Å². The van der Waals surface area contributed by atoms with Crippen LogP contribution in [0.5, 0.6) is 0 Å². The van der Waals surface area contributed by atoms with Crippen molar-refractivity contribution in [2.45, 2.75) is 0 Å². The first-order valence-electron chi connectivity index (χ1n) is 21.9. The molecule has 0 aliphatic carbocycles. The van der Waals surface area contributed by atoms with Gasteiger partial charge in [0, 0.05) is 44.3 Å². The van der Waals surface area contributed by atoms with Crippen molar-refractivity contribution >= 4 is 32.7 Å². The third kappa shape index (κ3) is 7.02. The van der Waals surface area contributed by atoms with Crippen molar-refractivity contribution in [3.63, 3.8) is 0 Å². The summed E-state index contributed by atoms with van der Waals surface area (Å²) >= 11 is 0. The van der Waals surface area contributed by atoms with Crippen LogP contribution in [-0.2, 0) is 0 Å². The second-order valence-electron chi connectivity index (χ2n) is 16.2. The van der Waals surface area contributed by atoms with E-state index in [2.05, 4.69) is 217 Å². The van der Waals surface area contributed by atoms with E-state index in [4.69, 9.17) is 19.9 Å². The number of pyridine rings is 1. The number of imidazole rings is 1. The normalized spacial score (nSPS) is 11.4. The van der Waals surface area contributed by atoms with Crippen molar-refractivity contribution < 1.29 is 0 Å². The minimum atomic E-state index is 0.649. The van der Waals surface area contributed by atoms with Crippen LogP contribution in [0.1, 0.15) is 0 Å². The maximum Gasteiger partial charge on any atom is 0.160 e. The molecule has 65 heavy (non-hydrogen) atoms. The zero-order chi connectivity index (χ0) is 43.1. The topological polar surface area (TPSA) is 56.5 Å². The van der Waals surface area contributed by atoms with Crippen LogP contribution in [0.3, 0.4) is 0 Å². The summed E-state index contributed by atoms with van der Waals surface area (Å²) in [4.78, 5) is 21.3. The molecule has 9 aromatic carbocycles. The third-order valence-corrected chi connectivity index (χ3v) is 12.3. The smallest absolute Gasteiger partial charge is 0.160 e. The molecule has 0 aliphatic heterocycles. The van der Waals surface area contributed by atoms with Crippen LogP contribution in [0.25, 0.3) is 117 Å². The van der Waals surface area contributed by atoms with Crippen LogP contribution >= 0.6 is 0 Å². The Morgan fingerprint density at radius 1 is 0.308 bits per heavy atom. The Labute approximate surface area is 376 Å². The van der Waals surface area contributed by atoms with E-state index in [1.165, 1.54) is 11.1 Å². The van der Waals surface area contributed by atoms with Gasteiger partial charge in [-0.15, -0.1) is 0 Å². The summed E-state index contributed by atoms with van der Waals surface area (Å²) in [5.74, 6) is 1.53. The Morgan fingerprint density at radius 2 is 0.769 bits per heavy atom. The Kier molecular flexibility index (Phi) is 9.42. The predicted octanol–water partition coefficient (Wildman–Crippen LogP) is 15.2. The van der Waals surface area contributed by atoms with Crippen LogP contribution in [0, 0.1) is 0 Å². The zero-order valence-corrected chi connectivity index (χ0v) is 35.3. The summed E-state index contributed by atoms with van der Waals surface area (Å²) < 4.78 is 2.26. The van der Waals surface area contributed by atoms with Gasteiger partial charge in [-0.3, -0.25) is 4.57 Å². The second-order valence-corrected chi connectivity index (χ2v) is 16.2. The molecule has 0 saturated heterocycles. The van der Waals surface area contributed by atoms with Gasteiger partial charge >= 0.3 is 0 Å². The maximum absolute atomic E-state index is 5.47. The van der Waals surface area contributed by atoms with Gasteiger partial charge in [0.1, 0.15) is 5.82 Å². The monoisotopic (exact) mass is 829 g/mol. The van der Waals surface area contributed by atoms with E-state index >= 15 is 0 Å². The quantitative estimate of drug-likeness (QED) is 0.143. The minimum absolute atomic E-state index is 0.649. The molecular formula is C60H39N5. The van der Waals surface area contributed by atoms with Gasteiger partial charge in [0.25, 0.3) is 0 Å². The van der Waals surface area contributed by atoms with Gasteiger partial charge in [0.2, 0.25) is 0 Å². The fourth-order valence-corrected chi connectivity index (χ4v) is 8.99. The highest BCUT2D eigenvalue weighted by Gasteiger charge is 2.21. The SMILES string of the molecule is c1ccc(-c2ccc(-c3cc(-c4ccc(-c5ccccc5)cc4)nc(-c4ccc(-c5nc6ccccc6c6ccc7c(nc(-c8ccccc8)n7-c7ccccc7)c56)cc4)n3)cc2)cc1. The molecule has 0 spiro atoms. The van der Waals surface area contributed by atoms with Gasteiger partial charge < -0.3 is 0 Å². The van der Waals surface area contributed by atoms with Crippen molar-refractivity contribution in [3.05, 3.63) is 237 Å². The summed E-state index contributed by atoms with van der Waals surface area (Å²) in [6.07, 6.45) is 0. The van der Waals surface area contributed by atoms with Crippen molar-refractivity contribution in [1.82, 2.24) is 24.5 Å². The van der Waals surface area contributed by atoms with Gasteiger partial charge in [-0.05, 0) is 58.0 Å². The first-order chi connectivity index (χ1) is 32.2. The van der Waals surface area contributed by atoms with Crippen LogP contribution in [0.2, 0.25) is 0 Å². The van der Waals surface area contributed by atoms with E-state index in [0.29, 0.717) is 5.82 Å². The van der Waals surface area contributed by atoms with Crippen molar-refractivity contribution in [2.75, 3.05) is 0 Å². The molecule has 0 saturated carbocycles. The Morgan fingerprint density at radius 3 is 1.35 bits per heavy atom. The summed E-state index contributed by atoms with van der Waals surface area (Å²) in [7, 11) is 0. The Bertz CT molecular complexity index is 3540. The molecule has 5 nitrogen and oxygen atoms in total. The third-order valence-electron chi connectivity index (χ3n) is 12.3. The van der Waals surface area contributed by atoms with E-state index in [1.807, 2.05) is 24.3 Å². The molecule has 3 heterocycles. The number of para-hydroxylation sites is 2. The highest BCUT2D eigenvalue weighted by molar-refractivity contribution is 6.20.